The molecule has 1 atom stereocenters. The monoisotopic (exact) mass is 232 g/mol. The quantitative estimate of drug-likeness (QED) is 0.811. The topological polar surface area (TPSA) is 58.2 Å². The van der Waals surface area contributed by atoms with Gasteiger partial charge < -0.3 is 10.6 Å². The molecule has 1 fully saturated rings. The molecule has 2 rings (SSSR count). The minimum absolute atomic E-state index is 0.0196. The predicted molar refractivity (Wildman–Crippen MR) is 65.5 cm³/mol. The molecule has 0 radical (unpaired) electrons. The van der Waals surface area contributed by atoms with Crippen molar-refractivity contribution in [3.63, 3.8) is 0 Å². The highest BCUT2D eigenvalue weighted by atomic mass is 16.2. The van der Waals surface area contributed by atoms with E-state index in [1.807, 2.05) is 31.2 Å². The number of anilines is 1. The number of nitrogens with one attached hydrogen (secondary N) is 2. The van der Waals surface area contributed by atoms with Crippen LogP contribution in [0, 0.1) is 12.8 Å². The van der Waals surface area contributed by atoms with Gasteiger partial charge in [-0.1, -0.05) is 17.7 Å². The lowest BCUT2D eigenvalue weighted by atomic mass is 9.98. The summed E-state index contributed by atoms with van der Waals surface area (Å²) in [5, 5.41) is 5.57. The van der Waals surface area contributed by atoms with Crippen LogP contribution in [0.5, 0.6) is 0 Å². The Morgan fingerprint density at radius 2 is 2.06 bits per heavy atom. The zero-order valence-corrected chi connectivity index (χ0v) is 9.82. The first-order valence-corrected chi connectivity index (χ1v) is 5.79. The van der Waals surface area contributed by atoms with Gasteiger partial charge in [0.25, 0.3) is 0 Å². The van der Waals surface area contributed by atoms with E-state index in [0.29, 0.717) is 19.4 Å². The molecular weight excluding hydrogens is 216 g/mol. The van der Waals surface area contributed by atoms with Gasteiger partial charge in [0.1, 0.15) is 0 Å². The van der Waals surface area contributed by atoms with Crippen molar-refractivity contribution in [1.82, 2.24) is 5.32 Å². The third-order valence-electron chi connectivity index (χ3n) is 2.96. The van der Waals surface area contributed by atoms with Gasteiger partial charge in [-0.15, -0.1) is 0 Å². The molecule has 1 aromatic rings. The molecule has 90 valence electrons. The van der Waals surface area contributed by atoms with E-state index >= 15 is 0 Å². The Labute approximate surface area is 100 Å². The molecule has 1 aliphatic rings. The largest absolute Gasteiger partial charge is 0.355 e. The van der Waals surface area contributed by atoms with E-state index < -0.39 is 0 Å². The van der Waals surface area contributed by atoms with Gasteiger partial charge in [0.15, 0.2) is 0 Å². The average Bonchev–Trinajstić information content (AvgIpc) is 2.33. The van der Waals surface area contributed by atoms with Crippen molar-refractivity contribution >= 4 is 17.5 Å². The molecule has 0 aromatic heterocycles. The van der Waals surface area contributed by atoms with Crippen molar-refractivity contribution < 1.29 is 9.59 Å². The van der Waals surface area contributed by atoms with Crippen molar-refractivity contribution in [2.45, 2.75) is 19.8 Å². The lowest BCUT2D eigenvalue weighted by Crippen LogP contribution is -2.40. The van der Waals surface area contributed by atoms with E-state index in [2.05, 4.69) is 10.6 Å². The number of amides is 2. The van der Waals surface area contributed by atoms with Crippen LogP contribution >= 0.6 is 0 Å². The summed E-state index contributed by atoms with van der Waals surface area (Å²) in [5.41, 5.74) is 1.96. The number of rotatable bonds is 2. The number of hydrogen-bond donors (Lipinski definition) is 2. The van der Waals surface area contributed by atoms with Crippen molar-refractivity contribution in [2.75, 3.05) is 11.9 Å². The second kappa shape index (κ2) is 4.99. The van der Waals surface area contributed by atoms with Gasteiger partial charge in [-0.25, -0.2) is 0 Å². The van der Waals surface area contributed by atoms with Crippen LogP contribution in [0.1, 0.15) is 18.4 Å². The number of carbonyl (C=O) groups excluding carboxylic acids is 2. The summed E-state index contributed by atoms with van der Waals surface area (Å²) in [6.07, 6.45) is 1.06. The maximum atomic E-state index is 11.9. The number of benzene rings is 1. The van der Waals surface area contributed by atoms with Crippen LogP contribution in [0.25, 0.3) is 0 Å². The molecule has 0 spiro atoms. The van der Waals surface area contributed by atoms with Crippen LogP contribution in [0.15, 0.2) is 24.3 Å². The molecule has 1 aromatic carbocycles. The van der Waals surface area contributed by atoms with Gasteiger partial charge in [-0.3, -0.25) is 9.59 Å². The average molecular weight is 232 g/mol. The number of carbonyl (C=O) groups is 2. The lowest BCUT2D eigenvalue weighted by Gasteiger charge is -2.21. The molecule has 0 bridgehead atoms. The number of hydrogen-bond acceptors (Lipinski definition) is 2. The van der Waals surface area contributed by atoms with E-state index in [-0.39, 0.29) is 17.7 Å². The lowest BCUT2D eigenvalue weighted by molar-refractivity contribution is -0.126. The van der Waals surface area contributed by atoms with E-state index in [9.17, 15) is 9.59 Å². The SMILES string of the molecule is Cc1ccc(NC(=O)C2CCC(=O)NC2)cc1. The van der Waals surface area contributed by atoms with Crippen LogP contribution in [-0.4, -0.2) is 18.4 Å². The maximum absolute atomic E-state index is 11.9. The van der Waals surface area contributed by atoms with Gasteiger partial charge in [0.2, 0.25) is 11.8 Å². The first kappa shape index (κ1) is 11.6. The molecule has 1 aliphatic heterocycles. The van der Waals surface area contributed by atoms with Gasteiger partial charge in [0, 0.05) is 18.7 Å². The van der Waals surface area contributed by atoms with E-state index in [0.717, 1.165) is 11.3 Å². The molecule has 0 saturated carbocycles. The highest BCUT2D eigenvalue weighted by Gasteiger charge is 2.24. The van der Waals surface area contributed by atoms with E-state index in [1.165, 1.54) is 0 Å². The summed E-state index contributed by atoms with van der Waals surface area (Å²) in [7, 11) is 0. The predicted octanol–water partition coefficient (Wildman–Crippen LogP) is 1.46. The van der Waals surface area contributed by atoms with Crippen molar-refractivity contribution in [2.24, 2.45) is 5.92 Å². The molecule has 2 N–H and O–H groups in total. The summed E-state index contributed by atoms with van der Waals surface area (Å²) in [6, 6.07) is 7.68. The summed E-state index contributed by atoms with van der Waals surface area (Å²) in [5.74, 6) is -0.104. The highest BCUT2D eigenvalue weighted by molar-refractivity contribution is 5.94. The van der Waals surface area contributed by atoms with E-state index in [1.54, 1.807) is 0 Å². The zero-order valence-electron chi connectivity index (χ0n) is 9.82. The van der Waals surface area contributed by atoms with Gasteiger partial charge in [-0.05, 0) is 25.5 Å². The Balaban J connectivity index is 1.92. The molecule has 1 saturated heterocycles. The summed E-state index contributed by atoms with van der Waals surface area (Å²) in [6.45, 7) is 2.44. The maximum Gasteiger partial charge on any atom is 0.229 e. The third kappa shape index (κ3) is 3.06. The molecule has 4 nitrogen and oxygen atoms in total. The zero-order chi connectivity index (χ0) is 12.3. The fourth-order valence-corrected chi connectivity index (χ4v) is 1.84. The van der Waals surface area contributed by atoms with Gasteiger partial charge in [-0.2, -0.15) is 0 Å². The Morgan fingerprint density at radius 3 is 2.65 bits per heavy atom. The van der Waals surface area contributed by atoms with Crippen molar-refractivity contribution in [3.8, 4) is 0 Å². The first-order valence-electron chi connectivity index (χ1n) is 5.79. The summed E-state index contributed by atoms with van der Waals surface area (Å²) >= 11 is 0. The Hall–Kier alpha value is -1.84. The Kier molecular flexibility index (Phi) is 3.42. The minimum Gasteiger partial charge on any atom is -0.355 e. The Morgan fingerprint density at radius 1 is 1.35 bits per heavy atom. The van der Waals surface area contributed by atoms with Crippen LogP contribution in [0.3, 0.4) is 0 Å². The van der Waals surface area contributed by atoms with Crippen LogP contribution in [0.2, 0.25) is 0 Å². The standard InChI is InChI=1S/C13H16N2O2/c1-9-2-5-11(6-3-9)15-13(17)10-4-7-12(16)14-8-10/h2-3,5-6,10H,4,7-8H2,1H3,(H,14,16)(H,15,17). The molecule has 17 heavy (non-hydrogen) atoms. The molecule has 1 heterocycles. The number of piperidine rings is 1. The first-order chi connectivity index (χ1) is 8.15. The fourth-order valence-electron chi connectivity index (χ4n) is 1.84. The van der Waals surface area contributed by atoms with Gasteiger partial charge in [0.05, 0.1) is 5.92 Å². The smallest absolute Gasteiger partial charge is 0.229 e. The van der Waals surface area contributed by atoms with Gasteiger partial charge >= 0.3 is 0 Å². The van der Waals surface area contributed by atoms with Crippen LogP contribution in [0.4, 0.5) is 5.69 Å². The number of aryl methyl sites for hydroxylation is 1. The Bertz CT molecular complexity index is 416. The summed E-state index contributed by atoms with van der Waals surface area (Å²) < 4.78 is 0. The third-order valence-corrected chi connectivity index (χ3v) is 2.96. The van der Waals surface area contributed by atoms with E-state index in [4.69, 9.17) is 0 Å². The van der Waals surface area contributed by atoms with Crippen LogP contribution < -0.4 is 10.6 Å². The normalized spacial score (nSPS) is 19.6. The molecule has 0 aliphatic carbocycles. The van der Waals surface area contributed by atoms with Crippen molar-refractivity contribution in [1.29, 1.82) is 0 Å². The molecule has 2 amide bonds. The van der Waals surface area contributed by atoms with Crippen LogP contribution in [-0.2, 0) is 9.59 Å². The summed E-state index contributed by atoms with van der Waals surface area (Å²) in [4.78, 5) is 22.9. The molecule has 1 unspecified atom stereocenters. The second-order valence-corrected chi connectivity index (χ2v) is 4.39. The fraction of sp³-hybridized carbons (Fsp3) is 0.385. The second-order valence-electron chi connectivity index (χ2n) is 4.39. The highest BCUT2D eigenvalue weighted by Crippen LogP contribution is 2.15. The molecular formula is C13H16N2O2. The molecule has 4 heteroatoms. The minimum atomic E-state index is -0.117. The van der Waals surface area contributed by atoms with Crippen molar-refractivity contribution in [3.05, 3.63) is 29.8 Å².